The van der Waals surface area contributed by atoms with Crippen molar-refractivity contribution in [2.45, 2.75) is 12.5 Å². The lowest BCUT2D eigenvalue weighted by Gasteiger charge is -2.10. The Balaban J connectivity index is 0.000000307. The number of carboxylic acid groups (broad SMARTS) is 2. The summed E-state index contributed by atoms with van der Waals surface area (Å²) in [5.74, 6) is -1.05. The average molecular weight is 335 g/mol. The zero-order chi connectivity index (χ0) is 17.9. The summed E-state index contributed by atoms with van der Waals surface area (Å²) in [6, 6.07) is 6.05. The number of para-hydroxylation sites is 1. The molecule has 7 heteroatoms. The summed E-state index contributed by atoms with van der Waals surface area (Å²) in [6.07, 6.45) is 4.08. The van der Waals surface area contributed by atoms with Gasteiger partial charge in [0.05, 0.1) is 19.6 Å². The van der Waals surface area contributed by atoms with Crippen molar-refractivity contribution in [2.24, 2.45) is 0 Å². The minimum absolute atomic E-state index is 0.256. The fourth-order valence-corrected chi connectivity index (χ4v) is 2.14. The predicted molar refractivity (Wildman–Crippen MR) is 84.8 cm³/mol. The Labute approximate surface area is 140 Å². The van der Waals surface area contributed by atoms with Crippen molar-refractivity contribution >= 4 is 11.9 Å². The normalized spacial score (nSPS) is 15.0. The number of ether oxygens (including phenoxy) is 2. The van der Waals surface area contributed by atoms with E-state index in [1.807, 2.05) is 18.2 Å². The van der Waals surface area contributed by atoms with Gasteiger partial charge < -0.3 is 29.8 Å². The van der Waals surface area contributed by atoms with Gasteiger partial charge in [-0.2, -0.15) is 0 Å². The Morgan fingerprint density at radius 2 is 2.25 bits per heavy atom. The highest BCUT2D eigenvalue weighted by molar-refractivity contribution is 5.88. The number of quaternary nitrogens is 1. The highest BCUT2D eigenvalue weighted by Crippen LogP contribution is 2.37. The maximum absolute atomic E-state index is 9.53. The molecule has 0 aromatic heterocycles. The Morgan fingerprint density at radius 3 is 2.79 bits per heavy atom. The largest absolute Gasteiger partial charge is 0.545 e. The summed E-state index contributed by atoms with van der Waals surface area (Å²) in [5.41, 5.74) is 1.25. The van der Waals surface area contributed by atoms with Gasteiger partial charge in [0.15, 0.2) is 17.6 Å². The zero-order valence-corrected chi connectivity index (χ0v) is 13.4. The summed E-state index contributed by atoms with van der Waals surface area (Å²) in [7, 11) is 1.68. The van der Waals surface area contributed by atoms with E-state index in [0.29, 0.717) is 12.2 Å². The summed E-state index contributed by atoms with van der Waals surface area (Å²) in [4.78, 5) is 19.0. The van der Waals surface area contributed by atoms with Crippen molar-refractivity contribution in [3.63, 3.8) is 0 Å². The lowest BCUT2D eigenvalue weighted by molar-refractivity contribution is -0.651. The molecule has 0 radical (unpaired) electrons. The first-order valence-electron chi connectivity index (χ1n) is 7.35. The number of nitrogens with two attached hydrogens (primary N) is 1. The second-order valence-electron chi connectivity index (χ2n) is 4.93. The maximum atomic E-state index is 9.53. The van der Waals surface area contributed by atoms with E-state index in [-0.39, 0.29) is 6.10 Å². The molecule has 130 valence electrons. The van der Waals surface area contributed by atoms with Crippen LogP contribution in [0.3, 0.4) is 0 Å². The first kappa shape index (κ1) is 19.2. The molecular formula is C17H21NO6. The fourth-order valence-electron chi connectivity index (χ4n) is 2.14. The van der Waals surface area contributed by atoms with Crippen LogP contribution in [0.15, 0.2) is 43.0 Å². The van der Waals surface area contributed by atoms with Crippen LogP contribution in [-0.4, -0.2) is 43.3 Å². The monoisotopic (exact) mass is 335 g/mol. The van der Waals surface area contributed by atoms with E-state index in [9.17, 15) is 14.7 Å². The Hall–Kier alpha value is -2.80. The van der Waals surface area contributed by atoms with Crippen molar-refractivity contribution in [1.82, 2.24) is 0 Å². The summed E-state index contributed by atoms with van der Waals surface area (Å²) in [5, 5.41) is 19.4. The van der Waals surface area contributed by atoms with Crippen LogP contribution < -0.4 is 19.9 Å². The highest BCUT2D eigenvalue weighted by atomic mass is 16.5. The van der Waals surface area contributed by atoms with Gasteiger partial charge in [-0.3, -0.25) is 0 Å². The minimum atomic E-state index is -1.51. The van der Waals surface area contributed by atoms with E-state index in [0.717, 1.165) is 31.0 Å². The van der Waals surface area contributed by atoms with Gasteiger partial charge in [-0.15, -0.1) is 0 Å². The van der Waals surface area contributed by atoms with Crippen LogP contribution in [0.4, 0.5) is 0 Å². The molecular weight excluding hydrogens is 314 g/mol. The first-order chi connectivity index (χ1) is 11.5. The molecule has 0 spiro atoms. The van der Waals surface area contributed by atoms with Gasteiger partial charge in [-0.05, 0) is 18.2 Å². The smallest absolute Gasteiger partial charge is 0.328 e. The van der Waals surface area contributed by atoms with Gasteiger partial charge in [0.25, 0.3) is 0 Å². The molecule has 7 nitrogen and oxygen atoms in total. The second kappa shape index (κ2) is 10.1. The van der Waals surface area contributed by atoms with Gasteiger partial charge >= 0.3 is 5.97 Å². The molecule has 0 bridgehead atoms. The molecule has 3 N–H and O–H groups in total. The third-order valence-corrected chi connectivity index (χ3v) is 3.14. The van der Waals surface area contributed by atoms with Crippen molar-refractivity contribution in [1.29, 1.82) is 0 Å². The average Bonchev–Trinajstić information content (AvgIpc) is 2.96. The van der Waals surface area contributed by atoms with Crippen LogP contribution >= 0.6 is 0 Å². The molecule has 2 rings (SSSR count). The molecule has 1 atom stereocenters. The molecule has 1 aromatic carbocycles. The molecule has 0 saturated heterocycles. The molecule has 0 saturated carbocycles. The SMILES string of the molecule is C=CC[NH2+]CC1Cc2cccc(OC)c2O1.O=C([O-])/C=C\C(=O)O. The molecule has 0 aliphatic carbocycles. The van der Waals surface area contributed by atoms with Gasteiger partial charge in [0.2, 0.25) is 0 Å². The number of benzene rings is 1. The Kier molecular flexibility index (Phi) is 8.07. The third kappa shape index (κ3) is 6.53. The predicted octanol–water partition coefficient (Wildman–Crippen LogP) is -0.875. The molecule has 1 unspecified atom stereocenters. The summed E-state index contributed by atoms with van der Waals surface area (Å²) < 4.78 is 11.2. The maximum Gasteiger partial charge on any atom is 0.328 e. The standard InChI is InChI=1S/C13H17NO2.C4H4O4/c1-3-7-14-9-11-8-10-5-4-6-12(15-2)13(10)16-11;5-3(6)1-2-4(7)8/h3-6,11,14H,1,7-9H2,2H3;1-2H,(H,5,6)(H,7,8)/b;2-1-. The second-order valence-corrected chi connectivity index (χ2v) is 4.93. The van der Waals surface area contributed by atoms with Gasteiger partial charge in [0.1, 0.15) is 6.54 Å². The Morgan fingerprint density at radius 1 is 1.50 bits per heavy atom. The van der Waals surface area contributed by atoms with Crippen molar-refractivity contribution < 1.29 is 34.6 Å². The molecule has 0 amide bonds. The number of hydrogen-bond acceptors (Lipinski definition) is 5. The number of aliphatic carboxylic acids is 2. The minimum Gasteiger partial charge on any atom is -0.545 e. The highest BCUT2D eigenvalue weighted by Gasteiger charge is 2.26. The number of rotatable bonds is 7. The molecule has 24 heavy (non-hydrogen) atoms. The molecule has 0 fully saturated rings. The van der Waals surface area contributed by atoms with Crippen molar-refractivity contribution in [3.05, 3.63) is 48.6 Å². The third-order valence-electron chi connectivity index (χ3n) is 3.14. The molecule has 1 heterocycles. The van der Waals surface area contributed by atoms with Crippen LogP contribution in [0.1, 0.15) is 5.56 Å². The zero-order valence-electron chi connectivity index (χ0n) is 13.4. The van der Waals surface area contributed by atoms with E-state index in [4.69, 9.17) is 14.6 Å². The molecule has 1 aromatic rings. The number of fused-ring (bicyclic) bond motifs is 1. The van der Waals surface area contributed by atoms with Gasteiger partial charge in [-0.1, -0.05) is 18.7 Å². The fraction of sp³-hybridized carbons (Fsp3) is 0.294. The molecule has 1 aliphatic heterocycles. The van der Waals surface area contributed by atoms with E-state index in [2.05, 4.69) is 18.0 Å². The van der Waals surface area contributed by atoms with Crippen LogP contribution in [0.25, 0.3) is 0 Å². The van der Waals surface area contributed by atoms with Crippen LogP contribution in [0, 0.1) is 0 Å². The quantitative estimate of drug-likeness (QED) is 0.380. The summed E-state index contributed by atoms with van der Waals surface area (Å²) in [6.45, 7) is 5.60. The number of carbonyl (C=O) groups is 2. The van der Waals surface area contributed by atoms with E-state index < -0.39 is 11.9 Å². The Bertz CT molecular complexity index is 595. The topological polar surface area (TPSA) is 113 Å². The number of carboxylic acids is 2. The number of carbonyl (C=O) groups excluding carboxylic acids is 1. The lowest BCUT2D eigenvalue weighted by Crippen LogP contribution is -2.86. The van der Waals surface area contributed by atoms with Gasteiger partial charge in [0, 0.05) is 18.1 Å². The van der Waals surface area contributed by atoms with E-state index >= 15 is 0 Å². The number of methoxy groups -OCH3 is 1. The van der Waals surface area contributed by atoms with E-state index in [1.54, 1.807) is 7.11 Å². The van der Waals surface area contributed by atoms with Crippen LogP contribution in [0.2, 0.25) is 0 Å². The molecule has 1 aliphatic rings. The van der Waals surface area contributed by atoms with Crippen LogP contribution in [0.5, 0.6) is 11.5 Å². The lowest BCUT2D eigenvalue weighted by atomic mass is 10.1. The first-order valence-corrected chi connectivity index (χ1v) is 7.35. The van der Waals surface area contributed by atoms with Crippen LogP contribution in [-0.2, 0) is 16.0 Å². The van der Waals surface area contributed by atoms with E-state index in [1.165, 1.54) is 5.56 Å². The van der Waals surface area contributed by atoms with Gasteiger partial charge in [-0.25, -0.2) is 4.79 Å². The number of hydrogen-bond donors (Lipinski definition) is 2. The van der Waals surface area contributed by atoms with Crippen molar-refractivity contribution in [3.8, 4) is 11.5 Å². The summed E-state index contributed by atoms with van der Waals surface area (Å²) >= 11 is 0. The van der Waals surface area contributed by atoms with Crippen molar-refractivity contribution in [2.75, 3.05) is 20.2 Å².